The minimum Gasteiger partial charge on any atom is -0.494 e. The molecule has 1 aliphatic rings. The van der Waals surface area contributed by atoms with Crippen LogP contribution in [0.25, 0.3) is 11.0 Å². The zero-order valence-corrected chi connectivity index (χ0v) is 9.90. The largest absolute Gasteiger partial charge is 0.494 e. The number of aromatic nitrogens is 2. The van der Waals surface area contributed by atoms with Gasteiger partial charge in [-0.15, -0.1) is 0 Å². The molecule has 1 aromatic carbocycles. The normalized spacial score (nSPS) is 16.8. The van der Waals surface area contributed by atoms with E-state index < -0.39 is 0 Å². The molecular formula is C13H16N2O2. The van der Waals surface area contributed by atoms with Crippen LogP contribution in [0.4, 0.5) is 0 Å². The van der Waals surface area contributed by atoms with Crippen LogP contribution in [-0.4, -0.2) is 16.7 Å². The van der Waals surface area contributed by atoms with Crippen LogP contribution in [0.5, 0.6) is 5.75 Å². The van der Waals surface area contributed by atoms with Crippen molar-refractivity contribution in [2.24, 2.45) is 0 Å². The van der Waals surface area contributed by atoms with Gasteiger partial charge in [0, 0.05) is 6.04 Å². The Morgan fingerprint density at radius 1 is 1.35 bits per heavy atom. The molecule has 1 aliphatic carbocycles. The minimum absolute atomic E-state index is 0.0172. The highest BCUT2D eigenvalue weighted by molar-refractivity contribution is 5.82. The number of imidazole rings is 1. The van der Waals surface area contributed by atoms with Crippen LogP contribution in [0.3, 0.4) is 0 Å². The van der Waals surface area contributed by atoms with E-state index in [9.17, 15) is 4.79 Å². The van der Waals surface area contributed by atoms with Crippen molar-refractivity contribution in [3.05, 3.63) is 28.7 Å². The number of hydrogen-bond acceptors (Lipinski definition) is 2. The molecule has 0 atom stereocenters. The molecule has 1 fully saturated rings. The third-order valence-electron chi connectivity index (χ3n) is 3.61. The Balaban J connectivity index is 2.28. The first-order valence-electron chi connectivity index (χ1n) is 6.08. The van der Waals surface area contributed by atoms with Gasteiger partial charge in [0.25, 0.3) is 0 Å². The molecule has 0 radical (unpaired) electrons. The van der Waals surface area contributed by atoms with Crippen molar-refractivity contribution in [3.8, 4) is 5.75 Å². The molecule has 2 aromatic rings. The lowest BCUT2D eigenvalue weighted by molar-refractivity contribution is 0.413. The Hall–Kier alpha value is -1.71. The fourth-order valence-electron chi connectivity index (χ4n) is 2.82. The van der Waals surface area contributed by atoms with Gasteiger partial charge in [0.15, 0.2) is 0 Å². The van der Waals surface area contributed by atoms with Crippen molar-refractivity contribution in [2.75, 3.05) is 7.11 Å². The summed E-state index contributed by atoms with van der Waals surface area (Å²) in [5.74, 6) is 0.771. The van der Waals surface area contributed by atoms with Crippen molar-refractivity contribution in [3.63, 3.8) is 0 Å². The SMILES string of the molecule is COc1cccc2[nH]c(=O)n(C3CCCC3)c12. The van der Waals surface area contributed by atoms with Crippen molar-refractivity contribution < 1.29 is 4.74 Å². The second-order valence-electron chi connectivity index (χ2n) is 4.59. The zero-order chi connectivity index (χ0) is 11.8. The monoisotopic (exact) mass is 232 g/mol. The van der Waals surface area contributed by atoms with E-state index in [2.05, 4.69) is 4.98 Å². The molecule has 1 N–H and O–H groups in total. The summed E-state index contributed by atoms with van der Waals surface area (Å²) in [4.78, 5) is 15.0. The van der Waals surface area contributed by atoms with Crippen LogP contribution < -0.4 is 10.4 Å². The Morgan fingerprint density at radius 2 is 2.12 bits per heavy atom. The van der Waals surface area contributed by atoms with E-state index in [0.717, 1.165) is 29.6 Å². The van der Waals surface area contributed by atoms with E-state index in [0.29, 0.717) is 6.04 Å². The van der Waals surface area contributed by atoms with E-state index in [1.165, 1.54) is 12.8 Å². The van der Waals surface area contributed by atoms with Crippen molar-refractivity contribution in [1.82, 2.24) is 9.55 Å². The maximum absolute atomic E-state index is 12.0. The first-order chi connectivity index (χ1) is 8.31. The third kappa shape index (κ3) is 1.55. The van der Waals surface area contributed by atoms with Crippen LogP contribution in [0.1, 0.15) is 31.7 Å². The molecule has 3 rings (SSSR count). The smallest absolute Gasteiger partial charge is 0.326 e. The average Bonchev–Trinajstić information content (AvgIpc) is 2.93. The molecule has 4 nitrogen and oxygen atoms in total. The first-order valence-corrected chi connectivity index (χ1v) is 6.08. The van der Waals surface area contributed by atoms with Crippen LogP contribution in [-0.2, 0) is 0 Å². The van der Waals surface area contributed by atoms with Crippen molar-refractivity contribution in [2.45, 2.75) is 31.7 Å². The van der Waals surface area contributed by atoms with Gasteiger partial charge in [0.05, 0.1) is 12.6 Å². The summed E-state index contributed by atoms with van der Waals surface area (Å²) in [6, 6.07) is 6.05. The molecule has 0 amide bonds. The minimum atomic E-state index is -0.0172. The topological polar surface area (TPSA) is 47.0 Å². The summed E-state index contributed by atoms with van der Waals surface area (Å²) >= 11 is 0. The summed E-state index contributed by atoms with van der Waals surface area (Å²) in [6.07, 6.45) is 4.59. The van der Waals surface area contributed by atoms with Crippen LogP contribution in [0, 0.1) is 0 Å². The maximum Gasteiger partial charge on any atom is 0.326 e. The van der Waals surface area contributed by atoms with Crippen LogP contribution in [0.2, 0.25) is 0 Å². The highest BCUT2D eigenvalue weighted by Crippen LogP contribution is 2.33. The summed E-state index contributed by atoms with van der Waals surface area (Å²) in [7, 11) is 1.64. The number of nitrogens with zero attached hydrogens (tertiary/aromatic N) is 1. The Kier molecular flexibility index (Phi) is 2.42. The van der Waals surface area contributed by atoms with Crippen LogP contribution >= 0.6 is 0 Å². The number of hydrogen-bond donors (Lipinski definition) is 1. The van der Waals surface area contributed by atoms with Gasteiger partial charge in [-0.1, -0.05) is 18.9 Å². The predicted molar refractivity (Wildman–Crippen MR) is 66.6 cm³/mol. The molecule has 90 valence electrons. The quantitative estimate of drug-likeness (QED) is 0.864. The third-order valence-corrected chi connectivity index (χ3v) is 3.61. The number of rotatable bonds is 2. The van der Waals surface area contributed by atoms with Gasteiger partial charge in [0.1, 0.15) is 11.3 Å². The zero-order valence-electron chi connectivity index (χ0n) is 9.90. The summed E-state index contributed by atoms with van der Waals surface area (Å²) in [6.45, 7) is 0. The second-order valence-corrected chi connectivity index (χ2v) is 4.59. The lowest BCUT2D eigenvalue weighted by Crippen LogP contribution is -2.20. The lowest BCUT2D eigenvalue weighted by Gasteiger charge is -2.13. The molecule has 0 unspecified atom stereocenters. The van der Waals surface area contributed by atoms with Gasteiger partial charge in [-0.05, 0) is 25.0 Å². The first kappa shape index (κ1) is 10.4. The number of nitrogens with one attached hydrogen (secondary N) is 1. The number of benzene rings is 1. The summed E-state index contributed by atoms with van der Waals surface area (Å²) in [5.41, 5.74) is 1.75. The Labute approximate surface area is 99.2 Å². The fraction of sp³-hybridized carbons (Fsp3) is 0.462. The highest BCUT2D eigenvalue weighted by atomic mass is 16.5. The molecule has 1 aromatic heterocycles. The number of aromatic amines is 1. The maximum atomic E-state index is 12.0. The van der Waals surface area contributed by atoms with E-state index in [-0.39, 0.29) is 5.69 Å². The molecule has 4 heteroatoms. The molecule has 0 bridgehead atoms. The van der Waals surface area contributed by atoms with E-state index in [1.807, 2.05) is 22.8 Å². The standard InChI is InChI=1S/C13H16N2O2/c1-17-11-8-4-7-10-12(11)15(13(16)14-10)9-5-2-3-6-9/h4,7-9H,2-3,5-6H2,1H3,(H,14,16). The highest BCUT2D eigenvalue weighted by Gasteiger charge is 2.22. The average molecular weight is 232 g/mol. The van der Waals surface area contributed by atoms with Gasteiger partial charge < -0.3 is 9.72 Å². The Morgan fingerprint density at radius 3 is 2.82 bits per heavy atom. The number of H-pyrrole nitrogens is 1. The number of ether oxygens (including phenoxy) is 1. The molecule has 0 aliphatic heterocycles. The van der Waals surface area contributed by atoms with Crippen molar-refractivity contribution >= 4 is 11.0 Å². The molecule has 0 spiro atoms. The van der Waals surface area contributed by atoms with Gasteiger partial charge in [-0.3, -0.25) is 4.57 Å². The molecule has 0 saturated heterocycles. The Bertz CT molecular complexity index is 591. The second kappa shape index (κ2) is 3.95. The van der Waals surface area contributed by atoms with Gasteiger partial charge >= 0.3 is 5.69 Å². The predicted octanol–water partition coefficient (Wildman–Crippen LogP) is 2.45. The van der Waals surface area contributed by atoms with Gasteiger partial charge in [-0.2, -0.15) is 0 Å². The lowest BCUT2D eigenvalue weighted by atomic mass is 10.2. The van der Waals surface area contributed by atoms with E-state index >= 15 is 0 Å². The summed E-state index contributed by atoms with van der Waals surface area (Å²) < 4.78 is 7.24. The number of methoxy groups -OCH3 is 1. The molecule has 17 heavy (non-hydrogen) atoms. The van der Waals surface area contributed by atoms with E-state index in [1.54, 1.807) is 7.11 Å². The van der Waals surface area contributed by atoms with E-state index in [4.69, 9.17) is 4.74 Å². The van der Waals surface area contributed by atoms with Gasteiger partial charge in [-0.25, -0.2) is 4.79 Å². The molecular weight excluding hydrogens is 216 g/mol. The number of fused-ring (bicyclic) bond motifs is 1. The molecule has 1 heterocycles. The van der Waals surface area contributed by atoms with Crippen molar-refractivity contribution in [1.29, 1.82) is 0 Å². The number of para-hydroxylation sites is 1. The van der Waals surface area contributed by atoms with Crippen LogP contribution in [0.15, 0.2) is 23.0 Å². The fourth-order valence-corrected chi connectivity index (χ4v) is 2.82. The summed E-state index contributed by atoms with van der Waals surface area (Å²) in [5, 5.41) is 0. The molecule has 1 saturated carbocycles. The van der Waals surface area contributed by atoms with Gasteiger partial charge in [0.2, 0.25) is 0 Å².